The Morgan fingerprint density at radius 1 is 1.40 bits per heavy atom. The van der Waals surface area contributed by atoms with Crippen LogP contribution in [0.15, 0.2) is 30.7 Å². The molecule has 4 nitrogen and oxygen atoms in total. The number of aryl methyl sites for hydroxylation is 1. The number of hydrogen-bond donors (Lipinski definition) is 2. The van der Waals surface area contributed by atoms with Crippen molar-refractivity contribution in [2.45, 2.75) is 0 Å². The van der Waals surface area contributed by atoms with Crippen molar-refractivity contribution in [3.8, 4) is 11.3 Å². The quantitative estimate of drug-likeness (QED) is 0.729. The number of aromatic nitrogens is 2. The second-order valence-electron chi connectivity index (χ2n) is 3.48. The molecular formula is C11H14N4. The van der Waals surface area contributed by atoms with Gasteiger partial charge in [-0.15, -0.1) is 0 Å². The van der Waals surface area contributed by atoms with E-state index in [4.69, 9.17) is 5.73 Å². The van der Waals surface area contributed by atoms with Crippen molar-refractivity contribution in [1.29, 1.82) is 0 Å². The number of nitrogens with two attached hydrogens (primary N) is 1. The summed E-state index contributed by atoms with van der Waals surface area (Å²) >= 11 is 0. The third kappa shape index (κ3) is 1.79. The third-order valence-electron chi connectivity index (χ3n) is 2.32. The summed E-state index contributed by atoms with van der Waals surface area (Å²) in [5.74, 6) is 0. The zero-order valence-electron chi connectivity index (χ0n) is 8.86. The summed E-state index contributed by atoms with van der Waals surface area (Å²) in [6.45, 7) is 0. The Morgan fingerprint density at radius 2 is 2.20 bits per heavy atom. The molecule has 0 saturated carbocycles. The van der Waals surface area contributed by atoms with Gasteiger partial charge in [0.15, 0.2) is 0 Å². The second-order valence-corrected chi connectivity index (χ2v) is 3.48. The van der Waals surface area contributed by atoms with Gasteiger partial charge in [0.2, 0.25) is 0 Å². The number of hydrogen-bond acceptors (Lipinski definition) is 3. The van der Waals surface area contributed by atoms with Crippen molar-refractivity contribution in [3.63, 3.8) is 0 Å². The maximum Gasteiger partial charge on any atom is 0.0951 e. The monoisotopic (exact) mass is 202 g/mol. The van der Waals surface area contributed by atoms with Crippen LogP contribution in [0.4, 0.5) is 11.4 Å². The van der Waals surface area contributed by atoms with Crippen LogP contribution in [0.3, 0.4) is 0 Å². The Bertz CT molecular complexity index is 473. The Balaban J connectivity index is 2.45. The van der Waals surface area contributed by atoms with Crippen molar-refractivity contribution in [2.75, 3.05) is 18.1 Å². The van der Waals surface area contributed by atoms with E-state index in [2.05, 4.69) is 10.3 Å². The summed E-state index contributed by atoms with van der Waals surface area (Å²) in [5, 5.41) is 3.05. The summed E-state index contributed by atoms with van der Waals surface area (Å²) < 4.78 is 1.92. The lowest BCUT2D eigenvalue weighted by Crippen LogP contribution is -1.95. The Labute approximate surface area is 88.7 Å². The molecule has 0 aliphatic rings. The fourth-order valence-electron chi connectivity index (χ4n) is 1.49. The van der Waals surface area contributed by atoms with E-state index in [0.29, 0.717) is 0 Å². The molecule has 1 heterocycles. The molecule has 0 spiro atoms. The number of imidazole rings is 1. The Hall–Kier alpha value is -1.97. The first kappa shape index (κ1) is 9.58. The number of anilines is 2. The van der Waals surface area contributed by atoms with Crippen molar-refractivity contribution < 1.29 is 0 Å². The molecule has 2 aromatic rings. The molecule has 0 fully saturated rings. The average Bonchev–Trinajstić information content (AvgIpc) is 2.66. The summed E-state index contributed by atoms with van der Waals surface area (Å²) in [6.07, 6.45) is 3.76. The van der Waals surface area contributed by atoms with E-state index in [1.165, 1.54) is 0 Å². The highest BCUT2D eigenvalue weighted by Gasteiger charge is 2.03. The Kier molecular flexibility index (Phi) is 2.33. The topological polar surface area (TPSA) is 55.9 Å². The summed E-state index contributed by atoms with van der Waals surface area (Å²) in [5.41, 5.74) is 9.49. The van der Waals surface area contributed by atoms with Crippen LogP contribution in [0.25, 0.3) is 11.3 Å². The molecule has 0 unspecified atom stereocenters. The smallest absolute Gasteiger partial charge is 0.0951 e. The molecule has 78 valence electrons. The van der Waals surface area contributed by atoms with Gasteiger partial charge < -0.3 is 15.6 Å². The van der Waals surface area contributed by atoms with E-state index in [1.807, 2.05) is 43.1 Å². The van der Waals surface area contributed by atoms with E-state index in [0.717, 1.165) is 22.6 Å². The average molecular weight is 202 g/mol. The van der Waals surface area contributed by atoms with Crippen molar-refractivity contribution >= 4 is 11.4 Å². The van der Waals surface area contributed by atoms with Gasteiger partial charge in [0.1, 0.15) is 0 Å². The van der Waals surface area contributed by atoms with E-state index in [-0.39, 0.29) is 0 Å². The molecule has 4 heteroatoms. The summed E-state index contributed by atoms with van der Waals surface area (Å²) in [7, 11) is 3.81. The van der Waals surface area contributed by atoms with E-state index < -0.39 is 0 Å². The van der Waals surface area contributed by atoms with Crippen LogP contribution >= 0.6 is 0 Å². The molecule has 1 aromatic carbocycles. The highest BCUT2D eigenvalue weighted by molar-refractivity contribution is 5.74. The number of nitrogen functional groups attached to an aromatic ring is 1. The van der Waals surface area contributed by atoms with E-state index >= 15 is 0 Å². The highest BCUT2D eigenvalue weighted by atomic mass is 15.0. The first-order valence-corrected chi connectivity index (χ1v) is 4.76. The zero-order valence-corrected chi connectivity index (χ0v) is 8.86. The molecule has 0 amide bonds. The summed E-state index contributed by atoms with van der Waals surface area (Å²) in [6, 6.07) is 5.85. The van der Waals surface area contributed by atoms with Gasteiger partial charge in [0.05, 0.1) is 23.4 Å². The number of rotatable bonds is 2. The number of nitrogens with one attached hydrogen (secondary N) is 1. The van der Waals surface area contributed by atoms with Gasteiger partial charge in [-0.1, -0.05) is 6.07 Å². The van der Waals surface area contributed by atoms with Crippen LogP contribution in [0, 0.1) is 0 Å². The predicted molar refractivity (Wildman–Crippen MR) is 62.6 cm³/mol. The lowest BCUT2D eigenvalue weighted by atomic mass is 10.1. The predicted octanol–water partition coefficient (Wildman–Crippen LogP) is 1.71. The van der Waals surface area contributed by atoms with Gasteiger partial charge in [0.25, 0.3) is 0 Å². The third-order valence-corrected chi connectivity index (χ3v) is 2.32. The van der Waals surface area contributed by atoms with E-state index in [1.54, 1.807) is 6.33 Å². The molecule has 3 N–H and O–H groups in total. The van der Waals surface area contributed by atoms with Gasteiger partial charge >= 0.3 is 0 Å². The molecule has 1 aromatic heterocycles. The number of nitrogens with zero attached hydrogens (tertiary/aromatic N) is 2. The minimum Gasteiger partial charge on any atom is -0.397 e. The largest absolute Gasteiger partial charge is 0.397 e. The fourth-order valence-corrected chi connectivity index (χ4v) is 1.49. The highest BCUT2D eigenvalue weighted by Crippen LogP contribution is 2.25. The van der Waals surface area contributed by atoms with Crippen molar-refractivity contribution in [2.24, 2.45) is 7.05 Å². The Morgan fingerprint density at radius 3 is 2.80 bits per heavy atom. The molecule has 0 radical (unpaired) electrons. The lowest BCUT2D eigenvalue weighted by Gasteiger charge is -2.06. The molecule has 2 rings (SSSR count). The second kappa shape index (κ2) is 3.65. The first-order valence-electron chi connectivity index (χ1n) is 4.76. The van der Waals surface area contributed by atoms with Crippen molar-refractivity contribution in [1.82, 2.24) is 9.55 Å². The number of benzene rings is 1. The minimum absolute atomic E-state index is 0.747. The molecule has 0 saturated heterocycles. The molecule has 0 bridgehead atoms. The summed E-state index contributed by atoms with van der Waals surface area (Å²) in [4.78, 5) is 4.29. The minimum atomic E-state index is 0.747. The zero-order chi connectivity index (χ0) is 10.8. The maximum absolute atomic E-state index is 5.80. The van der Waals surface area contributed by atoms with Crippen LogP contribution in [0.1, 0.15) is 0 Å². The molecular weight excluding hydrogens is 188 g/mol. The van der Waals surface area contributed by atoms with Gasteiger partial charge in [-0.25, -0.2) is 4.98 Å². The van der Waals surface area contributed by atoms with Gasteiger partial charge in [-0.05, 0) is 12.1 Å². The SMILES string of the molecule is CNc1cc(-c2cn(C)cn2)ccc1N. The van der Waals surface area contributed by atoms with Crippen LogP contribution < -0.4 is 11.1 Å². The standard InChI is InChI=1S/C11H14N4/c1-13-10-5-8(3-4-9(10)12)11-6-15(2)7-14-11/h3-7,13H,12H2,1-2H3. The van der Waals surface area contributed by atoms with Crippen LogP contribution in [-0.2, 0) is 7.05 Å². The lowest BCUT2D eigenvalue weighted by molar-refractivity contribution is 0.913. The van der Waals surface area contributed by atoms with Gasteiger partial charge in [-0.3, -0.25) is 0 Å². The first-order chi connectivity index (χ1) is 7.20. The van der Waals surface area contributed by atoms with E-state index in [9.17, 15) is 0 Å². The molecule has 15 heavy (non-hydrogen) atoms. The van der Waals surface area contributed by atoms with Gasteiger partial charge in [-0.2, -0.15) is 0 Å². The van der Waals surface area contributed by atoms with Crippen LogP contribution in [0.5, 0.6) is 0 Å². The molecule has 0 aliphatic carbocycles. The van der Waals surface area contributed by atoms with Gasteiger partial charge in [0, 0.05) is 25.9 Å². The fraction of sp³-hybridized carbons (Fsp3) is 0.182. The molecule has 0 aliphatic heterocycles. The van der Waals surface area contributed by atoms with Crippen molar-refractivity contribution in [3.05, 3.63) is 30.7 Å². The molecule has 0 atom stereocenters. The normalized spacial score (nSPS) is 10.3. The van der Waals surface area contributed by atoms with Crippen LogP contribution in [-0.4, -0.2) is 16.6 Å². The maximum atomic E-state index is 5.80. The van der Waals surface area contributed by atoms with Crippen LogP contribution in [0.2, 0.25) is 0 Å².